The minimum Gasteiger partial charge on any atom is -0.395 e. The van der Waals surface area contributed by atoms with Crippen molar-refractivity contribution in [2.75, 3.05) is 78.2 Å². The summed E-state index contributed by atoms with van der Waals surface area (Å²) in [6.45, 7) is 5.29. The lowest BCUT2D eigenvalue weighted by molar-refractivity contribution is -0.114. The highest BCUT2D eigenvalue weighted by Gasteiger charge is 2.27. The van der Waals surface area contributed by atoms with E-state index in [0.717, 1.165) is 18.4 Å². The first-order chi connectivity index (χ1) is 29.9. The molecular weight excluding hydrogens is 847 g/mol. The molecule has 3 aliphatic rings. The number of ether oxygens (including phenoxy) is 2. The van der Waals surface area contributed by atoms with Crippen LogP contribution < -0.4 is 10.6 Å². The molecule has 1 aliphatic carbocycles. The van der Waals surface area contributed by atoms with Crippen molar-refractivity contribution in [1.29, 1.82) is 0 Å². The van der Waals surface area contributed by atoms with Gasteiger partial charge in [0.15, 0.2) is 23.6 Å². The van der Waals surface area contributed by atoms with Gasteiger partial charge in [-0.1, -0.05) is 54.5 Å². The molecule has 62 heavy (non-hydrogen) atoms. The first-order valence-electron chi connectivity index (χ1n) is 20.4. The number of nitrogens with one attached hydrogen (secondary N) is 2. The molecule has 0 spiro atoms. The van der Waals surface area contributed by atoms with Gasteiger partial charge in [-0.25, -0.2) is 21.8 Å². The molecule has 2 atom stereocenters. The number of amides is 2. The molecule has 21 heteroatoms. The molecule has 3 aromatic rings. The first kappa shape index (κ1) is 48.2. The van der Waals surface area contributed by atoms with Gasteiger partial charge < -0.3 is 40.0 Å². The summed E-state index contributed by atoms with van der Waals surface area (Å²) in [5.74, 6) is -0.0260. The Morgan fingerprint density at radius 1 is 0.726 bits per heavy atom. The van der Waals surface area contributed by atoms with Crippen LogP contribution in [-0.4, -0.2) is 149 Å². The first-order valence-corrected chi connectivity index (χ1v) is 23.3. The third kappa shape index (κ3) is 12.8. The van der Waals surface area contributed by atoms with E-state index >= 15 is 0 Å². The number of anilines is 1. The summed E-state index contributed by atoms with van der Waals surface area (Å²) in [4.78, 5) is 40.6. The van der Waals surface area contributed by atoms with E-state index in [1.54, 1.807) is 26.1 Å². The van der Waals surface area contributed by atoms with Crippen LogP contribution in [0.4, 0.5) is 5.82 Å². The highest BCUT2D eigenvalue weighted by molar-refractivity contribution is 7.89. The SMILES string of the molecule is CCN(CCO)S(=O)(=O)c1ccc(/C(=N\O[C@@H]2CCOC2)C(=O)NC)cc1.CCN(CCO)S(=O)(=O)c1ccc(/C(=N\O[C@@H]2CCOC2)C(=O)Nc2ccc(C3CC3)cn2)cc1. The molecule has 3 fully saturated rings. The predicted octanol–water partition coefficient (Wildman–Crippen LogP) is 2.06. The monoisotopic (exact) mass is 901 g/mol. The number of pyridine rings is 1. The summed E-state index contributed by atoms with van der Waals surface area (Å²) in [5.41, 5.74) is 2.02. The minimum atomic E-state index is -3.78. The molecule has 1 saturated carbocycles. The average molecular weight is 902 g/mol. The Labute approximate surface area is 362 Å². The second kappa shape index (κ2) is 23.0. The van der Waals surface area contributed by atoms with Gasteiger partial charge in [-0.3, -0.25) is 9.59 Å². The van der Waals surface area contributed by atoms with Crippen LogP contribution in [0.1, 0.15) is 62.1 Å². The molecule has 19 nitrogen and oxygen atoms in total. The predicted molar refractivity (Wildman–Crippen MR) is 229 cm³/mol. The minimum absolute atomic E-state index is 0.000461. The number of likely N-dealkylation sites (N-methyl/N-ethyl adjacent to an activating group) is 3. The van der Waals surface area contributed by atoms with Crippen LogP contribution in [-0.2, 0) is 48.8 Å². The summed E-state index contributed by atoms with van der Waals surface area (Å²) in [6.07, 6.45) is 4.98. The molecule has 0 radical (unpaired) electrons. The van der Waals surface area contributed by atoms with Crippen LogP contribution in [0.25, 0.3) is 0 Å². The lowest BCUT2D eigenvalue weighted by atomic mass is 10.1. The lowest BCUT2D eigenvalue weighted by Gasteiger charge is -2.19. The number of aromatic nitrogens is 1. The van der Waals surface area contributed by atoms with Gasteiger partial charge in [-0.2, -0.15) is 8.61 Å². The topological polar surface area (TPSA) is 248 Å². The smallest absolute Gasteiger partial charge is 0.279 e. The molecule has 4 N–H and O–H groups in total. The molecule has 0 unspecified atom stereocenters. The number of nitrogens with zero attached hydrogens (tertiary/aromatic N) is 5. The van der Waals surface area contributed by atoms with Gasteiger partial charge >= 0.3 is 0 Å². The maximum absolute atomic E-state index is 13.1. The molecule has 6 rings (SSSR count). The largest absolute Gasteiger partial charge is 0.395 e. The third-order valence-electron chi connectivity index (χ3n) is 10.0. The fourth-order valence-electron chi connectivity index (χ4n) is 6.32. The van der Waals surface area contributed by atoms with Crippen molar-refractivity contribution in [3.63, 3.8) is 0 Å². The van der Waals surface area contributed by atoms with E-state index in [4.69, 9.17) is 24.3 Å². The summed E-state index contributed by atoms with van der Waals surface area (Å²) >= 11 is 0. The van der Waals surface area contributed by atoms with E-state index in [0.29, 0.717) is 62.1 Å². The molecule has 1 aromatic heterocycles. The Balaban J connectivity index is 0.000000243. The number of rotatable bonds is 20. The fraction of sp³-hybridized carbons (Fsp3) is 0.488. The fourth-order valence-corrected chi connectivity index (χ4v) is 9.20. The van der Waals surface area contributed by atoms with Gasteiger partial charge in [0.05, 0.1) is 49.4 Å². The van der Waals surface area contributed by atoms with Gasteiger partial charge in [-0.05, 0) is 54.7 Å². The third-order valence-corrected chi connectivity index (χ3v) is 14.0. The second-order valence-electron chi connectivity index (χ2n) is 14.3. The van der Waals surface area contributed by atoms with Gasteiger partial charge in [0.2, 0.25) is 20.0 Å². The molecule has 338 valence electrons. The number of aliphatic hydroxyl groups excluding tert-OH is 2. The van der Waals surface area contributed by atoms with Gasteiger partial charge in [0, 0.05) is 63.4 Å². The van der Waals surface area contributed by atoms with Crippen molar-refractivity contribution in [3.05, 3.63) is 83.6 Å². The Morgan fingerprint density at radius 2 is 1.19 bits per heavy atom. The highest BCUT2D eigenvalue weighted by Crippen LogP contribution is 2.39. The zero-order chi connectivity index (χ0) is 44.7. The Bertz CT molecular complexity index is 2210. The number of aliphatic hydroxyl groups is 2. The van der Waals surface area contributed by atoms with Crippen molar-refractivity contribution >= 4 is 49.1 Å². The Kier molecular flexibility index (Phi) is 17.9. The second-order valence-corrected chi connectivity index (χ2v) is 18.2. The van der Waals surface area contributed by atoms with Crippen LogP contribution in [0.5, 0.6) is 0 Å². The Hall–Kier alpha value is -4.87. The summed E-state index contributed by atoms with van der Waals surface area (Å²) < 4.78 is 63.7. The van der Waals surface area contributed by atoms with Crippen LogP contribution in [0.2, 0.25) is 0 Å². The quantitative estimate of drug-likeness (QED) is 0.0938. The molecule has 2 aromatic carbocycles. The van der Waals surface area contributed by atoms with Crippen LogP contribution in [0.15, 0.2) is 87.0 Å². The number of benzene rings is 2. The number of carbonyl (C=O) groups excluding carboxylic acids is 2. The average Bonchev–Trinajstić information content (AvgIpc) is 3.73. The molecule has 2 aliphatic heterocycles. The maximum Gasteiger partial charge on any atom is 0.279 e. The van der Waals surface area contributed by atoms with E-state index in [1.807, 2.05) is 6.07 Å². The molecule has 2 saturated heterocycles. The summed E-state index contributed by atoms with van der Waals surface area (Å²) in [6, 6.07) is 15.4. The molecular formula is C41H55N7O12S2. The van der Waals surface area contributed by atoms with Crippen LogP contribution in [0.3, 0.4) is 0 Å². The van der Waals surface area contributed by atoms with E-state index in [9.17, 15) is 31.5 Å². The zero-order valence-corrected chi connectivity index (χ0v) is 36.6. The number of carbonyl (C=O) groups is 2. The Morgan fingerprint density at radius 3 is 1.55 bits per heavy atom. The van der Waals surface area contributed by atoms with Gasteiger partial charge in [0.25, 0.3) is 11.8 Å². The van der Waals surface area contributed by atoms with E-state index in [-0.39, 0.29) is 72.8 Å². The van der Waals surface area contributed by atoms with Crippen LogP contribution in [0, 0.1) is 0 Å². The van der Waals surface area contributed by atoms with E-state index in [2.05, 4.69) is 25.9 Å². The number of oxime groups is 2. The van der Waals surface area contributed by atoms with Crippen molar-refractivity contribution in [3.8, 4) is 0 Å². The van der Waals surface area contributed by atoms with E-state index < -0.39 is 31.9 Å². The van der Waals surface area contributed by atoms with Crippen LogP contribution >= 0.6 is 0 Å². The highest BCUT2D eigenvalue weighted by atomic mass is 32.2. The summed E-state index contributed by atoms with van der Waals surface area (Å²) in [7, 11) is -6.03. The standard InChI is InChI=1S/C24H30N4O6S.C17H25N3O6S/c1-2-28(12-13-29)35(31,32)21-8-5-18(6-9-21)23(27-34-20-11-14-33-16-20)24(30)26-22-10-7-19(15-25-22)17-3-4-17;1-3-20(9-10-21)27(23,24)15-6-4-13(5-7-15)16(17(22)18-2)19-26-14-8-11-25-12-14/h5-10,15,17,20,29H,2-4,11-14,16H2,1H3,(H,25,26,30);4-7,14,21H,3,8-12H2,1-2H3,(H,18,22)/b27-23+;19-16+/t20-;14-/m11/s1. The number of sulfonamides is 2. The van der Waals surface area contributed by atoms with Crippen molar-refractivity contribution < 1.29 is 55.8 Å². The van der Waals surface area contributed by atoms with Crippen molar-refractivity contribution in [2.45, 2.75) is 67.4 Å². The number of hydrogen-bond acceptors (Lipinski definition) is 15. The number of hydrogen-bond donors (Lipinski definition) is 4. The lowest BCUT2D eigenvalue weighted by Crippen LogP contribution is -2.33. The summed E-state index contributed by atoms with van der Waals surface area (Å²) in [5, 5.41) is 31.5. The molecule has 0 bridgehead atoms. The molecule has 3 heterocycles. The van der Waals surface area contributed by atoms with Crippen molar-refractivity contribution in [2.24, 2.45) is 10.3 Å². The van der Waals surface area contributed by atoms with Gasteiger partial charge in [0.1, 0.15) is 5.82 Å². The maximum atomic E-state index is 13.1. The van der Waals surface area contributed by atoms with Crippen molar-refractivity contribution in [1.82, 2.24) is 18.9 Å². The van der Waals surface area contributed by atoms with E-state index in [1.165, 1.54) is 64.2 Å². The molecule has 2 amide bonds. The van der Waals surface area contributed by atoms with Gasteiger partial charge in [-0.15, -0.1) is 0 Å². The normalized spacial score (nSPS) is 18.3. The zero-order valence-electron chi connectivity index (χ0n) is 35.0.